The molecule has 0 radical (unpaired) electrons. The number of hydrogen-bond donors (Lipinski definition) is 3. The summed E-state index contributed by atoms with van der Waals surface area (Å²) in [6.45, 7) is 4.75. The number of aliphatic hydroxyl groups is 1. The second-order valence-corrected chi connectivity index (χ2v) is 18.2. The van der Waals surface area contributed by atoms with Gasteiger partial charge in [-0.25, -0.2) is 4.57 Å². The molecular formula is C46H90N2O6P+. The van der Waals surface area contributed by atoms with E-state index in [1.54, 1.807) is 6.08 Å². The Morgan fingerprint density at radius 3 is 1.47 bits per heavy atom. The molecule has 0 saturated heterocycles. The number of carbonyl (C=O) groups excluding carboxylic acids is 1. The number of unbranched alkanes of at least 4 members (excludes halogenated alkanes) is 24. The molecule has 0 rings (SSSR count). The maximum absolute atomic E-state index is 12.8. The first-order valence-electron chi connectivity index (χ1n) is 22.9. The van der Waals surface area contributed by atoms with Crippen LogP contribution in [0.15, 0.2) is 36.5 Å². The van der Waals surface area contributed by atoms with Gasteiger partial charge in [-0.1, -0.05) is 172 Å². The molecule has 0 aliphatic rings. The van der Waals surface area contributed by atoms with Crippen molar-refractivity contribution in [3.05, 3.63) is 36.5 Å². The van der Waals surface area contributed by atoms with Gasteiger partial charge in [-0.2, -0.15) is 0 Å². The molecule has 0 spiro atoms. The topological polar surface area (TPSA) is 105 Å². The van der Waals surface area contributed by atoms with E-state index in [1.165, 1.54) is 141 Å². The first kappa shape index (κ1) is 53.7. The number of quaternary nitrogens is 1. The standard InChI is InChI=1S/C46H89N2O6P/c1-6-8-10-12-14-16-18-19-20-21-22-23-24-25-26-27-28-29-30-32-34-36-38-40-46(50)47-44(43-54-55(51,52)53-42-41-48(3,4)5)45(49)39-37-35-33-31-17-15-13-11-9-7-2/h17,19-20,31,37,39,44-45,49H,6-16,18,21-30,32-36,38,40-43H2,1-5H3,(H-,47,50,51,52)/p+1/b20-19+,31-17+,39-37+/t44-,45+/m0/s1. The summed E-state index contributed by atoms with van der Waals surface area (Å²) in [7, 11) is 1.55. The largest absolute Gasteiger partial charge is 0.472 e. The number of phosphoric acid groups is 1. The molecule has 8 nitrogen and oxygen atoms in total. The van der Waals surface area contributed by atoms with Gasteiger partial charge in [0.15, 0.2) is 0 Å². The van der Waals surface area contributed by atoms with E-state index < -0.39 is 20.0 Å². The molecule has 0 heterocycles. The van der Waals surface area contributed by atoms with Gasteiger partial charge in [-0.3, -0.25) is 13.8 Å². The van der Waals surface area contributed by atoms with Crippen molar-refractivity contribution in [2.75, 3.05) is 40.9 Å². The summed E-state index contributed by atoms with van der Waals surface area (Å²) in [4.78, 5) is 23.1. The number of aliphatic hydroxyl groups excluding tert-OH is 1. The van der Waals surface area contributed by atoms with E-state index >= 15 is 0 Å². The van der Waals surface area contributed by atoms with Crippen LogP contribution in [-0.2, 0) is 18.4 Å². The lowest BCUT2D eigenvalue weighted by molar-refractivity contribution is -0.870. The lowest BCUT2D eigenvalue weighted by atomic mass is 10.0. The summed E-state index contributed by atoms with van der Waals surface area (Å²) in [6.07, 6.45) is 46.6. The zero-order valence-corrected chi connectivity index (χ0v) is 37.6. The Morgan fingerprint density at radius 1 is 0.600 bits per heavy atom. The Morgan fingerprint density at radius 2 is 1.00 bits per heavy atom. The van der Waals surface area contributed by atoms with E-state index in [0.29, 0.717) is 17.4 Å². The maximum Gasteiger partial charge on any atom is 0.472 e. The summed E-state index contributed by atoms with van der Waals surface area (Å²) < 4.78 is 23.5. The predicted octanol–water partition coefficient (Wildman–Crippen LogP) is 12.7. The summed E-state index contributed by atoms with van der Waals surface area (Å²) >= 11 is 0. The van der Waals surface area contributed by atoms with E-state index in [0.717, 1.165) is 38.5 Å². The van der Waals surface area contributed by atoms with Crippen molar-refractivity contribution < 1.29 is 32.9 Å². The normalized spacial score (nSPS) is 14.7. The summed E-state index contributed by atoms with van der Waals surface area (Å²) in [5.41, 5.74) is 0. The van der Waals surface area contributed by atoms with Crippen LogP contribution in [0.25, 0.3) is 0 Å². The molecule has 3 atom stereocenters. The zero-order valence-electron chi connectivity index (χ0n) is 36.7. The van der Waals surface area contributed by atoms with Crippen LogP contribution in [-0.4, -0.2) is 73.4 Å². The summed E-state index contributed by atoms with van der Waals surface area (Å²) in [5.74, 6) is -0.189. The van der Waals surface area contributed by atoms with Crippen molar-refractivity contribution >= 4 is 13.7 Å². The Kier molecular flexibility index (Phi) is 37.4. The molecule has 0 saturated carbocycles. The smallest absolute Gasteiger partial charge is 0.387 e. The number of amides is 1. The first-order valence-corrected chi connectivity index (χ1v) is 24.4. The van der Waals surface area contributed by atoms with Crippen LogP contribution in [0.1, 0.15) is 200 Å². The molecule has 0 bridgehead atoms. The Hall–Kier alpha value is -1.28. The van der Waals surface area contributed by atoms with Gasteiger partial charge in [0, 0.05) is 6.42 Å². The minimum Gasteiger partial charge on any atom is -0.387 e. The van der Waals surface area contributed by atoms with E-state index in [1.807, 2.05) is 27.2 Å². The molecule has 55 heavy (non-hydrogen) atoms. The van der Waals surface area contributed by atoms with Gasteiger partial charge >= 0.3 is 7.82 Å². The van der Waals surface area contributed by atoms with Gasteiger partial charge in [0.1, 0.15) is 13.2 Å². The second kappa shape index (κ2) is 38.2. The Balaban J connectivity index is 4.23. The fourth-order valence-electron chi connectivity index (χ4n) is 6.40. The van der Waals surface area contributed by atoms with Crippen molar-refractivity contribution in [2.45, 2.75) is 212 Å². The van der Waals surface area contributed by atoms with E-state index in [2.05, 4.69) is 43.5 Å². The minimum atomic E-state index is -4.34. The molecule has 9 heteroatoms. The van der Waals surface area contributed by atoms with Crippen molar-refractivity contribution in [3.63, 3.8) is 0 Å². The summed E-state index contributed by atoms with van der Waals surface area (Å²) in [6, 6.07) is -0.859. The van der Waals surface area contributed by atoms with Gasteiger partial charge in [-0.05, 0) is 57.8 Å². The highest BCUT2D eigenvalue weighted by atomic mass is 31.2. The second-order valence-electron chi connectivity index (χ2n) is 16.8. The van der Waals surface area contributed by atoms with Gasteiger partial charge in [0.25, 0.3) is 0 Å². The van der Waals surface area contributed by atoms with Crippen LogP contribution >= 0.6 is 7.82 Å². The number of nitrogens with zero attached hydrogens (tertiary/aromatic N) is 1. The molecule has 0 fully saturated rings. The maximum atomic E-state index is 12.8. The summed E-state index contributed by atoms with van der Waals surface area (Å²) in [5, 5.41) is 13.7. The molecule has 0 aromatic carbocycles. The van der Waals surface area contributed by atoms with Crippen LogP contribution in [0, 0.1) is 0 Å². The number of allylic oxidation sites excluding steroid dienone is 5. The number of nitrogens with one attached hydrogen (secondary N) is 1. The zero-order chi connectivity index (χ0) is 40.7. The molecule has 324 valence electrons. The van der Waals surface area contributed by atoms with Crippen LogP contribution in [0.2, 0.25) is 0 Å². The van der Waals surface area contributed by atoms with Crippen LogP contribution in [0.5, 0.6) is 0 Å². The molecule has 1 amide bonds. The van der Waals surface area contributed by atoms with E-state index in [-0.39, 0.29) is 19.1 Å². The van der Waals surface area contributed by atoms with Crippen LogP contribution in [0.3, 0.4) is 0 Å². The van der Waals surface area contributed by atoms with Gasteiger partial charge in [-0.15, -0.1) is 0 Å². The van der Waals surface area contributed by atoms with Crippen molar-refractivity contribution in [1.29, 1.82) is 0 Å². The average Bonchev–Trinajstić information content (AvgIpc) is 3.13. The van der Waals surface area contributed by atoms with Crippen molar-refractivity contribution in [1.82, 2.24) is 5.32 Å². The van der Waals surface area contributed by atoms with Gasteiger partial charge < -0.3 is 19.8 Å². The predicted molar refractivity (Wildman–Crippen MR) is 235 cm³/mol. The van der Waals surface area contributed by atoms with Crippen LogP contribution < -0.4 is 5.32 Å². The molecule has 0 aliphatic carbocycles. The highest BCUT2D eigenvalue weighted by molar-refractivity contribution is 7.47. The monoisotopic (exact) mass is 798 g/mol. The number of likely N-dealkylation sites (N-methyl/N-ethyl adjacent to an activating group) is 1. The molecule has 0 aromatic heterocycles. The third-order valence-corrected chi connectivity index (χ3v) is 11.1. The van der Waals surface area contributed by atoms with Gasteiger partial charge in [0.05, 0.1) is 39.9 Å². The fraction of sp³-hybridized carbons (Fsp3) is 0.848. The number of rotatable bonds is 41. The Labute approximate surface area is 340 Å². The molecular weight excluding hydrogens is 707 g/mol. The highest BCUT2D eigenvalue weighted by Crippen LogP contribution is 2.43. The molecule has 1 unspecified atom stereocenters. The van der Waals surface area contributed by atoms with Crippen LogP contribution in [0.4, 0.5) is 0 Å². The fourth-order valence-corrected chi connectivity index (χ4v) is 7.14. The number of hydrogen-bond acceptors (Lipinski definition) is 5. The van der Waals surface area contributed by atoms with Crippen molar-refractivity contribution in [3.8, 4) is 0 Å². The SMILES string of the molecule is CCCCCC/C=C/CC/C=C/[C@@H](O)[C@H](COP(=O)(O)OCC[N+](C)(C)C)NC(=O)CCCCCCCCCCCCCCC/C=C/CCCCCCCC. The van der Waals surface area contributed by atoms with Gasteiger partial charge in [0.2, 0.25) is 5.91 Å². The van der Waals surface area contributed by atoms with Crippen molar-refractivity contribution in [2.24, 2.45) is 0 Å². The third-order valence-electron chi connectivity index (χ3n) is 10.1. The average molecular weight is 798 g/mol. The molecule has 0 aliphatic heterocycles. The molecule has 0 aromatic rings. The highest BCUT2D eigenvalue weighted by Gasteiger charge is 2.27. The first-order chi connectivity index (χ1) is 26.5. The minimum absolute atomic E-state index is 0.0563. The molecule has 3 N–H and O–H groups in total. The number of carbonyl (C=O) groups is 1. The van der Waals surface area contributed by atoms with E-state index in [4.69, 9.17) is 9.05 Å². The lowest BCUT2D eigenvalue weighted by Gasteiger charge is -2.25. The lowest BCUT2D eigenvalue weighted by Crippen LogP contribution is -2.45. The Bertz CT molecular complexity index is 995. The van der Waals surface area contributed by atoms with E-state index in [9.17, 15) is 19.4 Å². The third kappa shape index (κ3) is 40.7. The number of phosphoric ester groups is 1. The quantitative estimate of drug-likeness (QED) is 0.0246.